The van der Waals surface area contributed by atoms with Gasteiger partial charge in [0.15, 0.2) is 0 Å². The van der Waals surface area contributed by atoms with Crippen LogP contribution in [0.15, 0.2) is 28.8 Å². The quantitative estimate of drug-likeness (QED) is 0.642. The third-order valence-electron chi connectivity index (χ3n) is 3.07. The Morgan fingerprint density at radius 3 is 3.00 bits per heavy atom. The molecule has 20 heavy (non-hydrogen) atoms. The maximum absolute atomic E-state index is 10.7. The highest BCUT2D eigenvalue weighted by atomic mass is 16.6. The molecule has 0 bridgehead atoms. The third kappa shape index (κ3) is 3.39. The fourth-order valence-corrected chi connectivity index (χ4v) is 1.72. The number of nitro benzene ring substituents is 1. The lowest BCUT2D eigenvalue weighted by Crippen LogP contribution is -2.21. The van der Waals surface area contributed by atoms with Crippen molar-refractivity contribution in [2.45, 2.75) is 25.8 Å². The van der Waals surface area contributed by atoms with Crippen molar-refractivity contribution >= 4 is 5.69 Å². The Kier molecular flexibility index (Phi) is 4.41. The number of nitrogens with zero attached hydrogens (tertiary/aromatic N) is 3. The van der Waals surface area contributed by atoms with Gasteiger partial charge in [-0.25, -0.2) is 0 Å². The standard InChI is InChI=1S/C13H16N4O3/c1-9(14-2)6-7-12-15-13(16-20-12)10-4-3-5-11(8-10)17(18)19/h3-5,8-9,14H,6-7H2,1-2H3. The number of rotatable bonds is 6. The van der Waals surface area contributed by atoms with Crippen LogP contribution >= 0.6 is 0 Å². The van der Waals surface area contributed by atoms with E-state index in [1.807, 2.05) is 7.05 Å². The maximum atomic E-state index is 10.7. The van der Waals surface area contributed by atoms with E-state index >= 15 is 0 Å². The van der Waals surface area contributed by atoms with Crippen LogP contribution in [0.3, 0.4) is 0 Å². The number of aromatic nitrogens is 2. The van der Waals surface area contributed by atoms with E-state index in [0.29, 0.717) is 29.7 Å². The predicted octanol–water partition coefficient (Wildman–Crippen LogP) is 2.19. The van der Waals surface area contributed by atoms with Crippen molar-refractivity contribution in [3.8, 4) is 11.4 Å². The average molecular weight is 276 g/mol. The molecule has 7 nitrogen and oxygen atoms in total. The van der Waals surface area contributed by atoms with Crippen LogP contribution in [0.1, 0.15) is 19.2 Å². The first-order valence-corrected chi connectivity index (χ1v) is 6.35. The van der Waals surface area contributed by atoms with Crippen molar-refractivity contribution in [1.29, 1.82) is 0 Å². The van der Waals surface area contributed by atoms with Crippen LogP contribution in [0.2, 0.25) is 0 Å². The molecule has 0 amide bonds. The summed E-state index contributed by atoms with van der Waals surface area (Å²) in [4.78, 5) is 14.5. The topological polar surface area (TPSA) is 94.1 Å². The summed E-state index contributed by atoms with van der Waals surface area (Å²) in [6, 6.07) is 6.55. The summed E-state index contributed by atoms with van der Waals surface area (Å²) >= 11 is 0. The van der Waals surface area contributed by atoms with Crippen molar-refractivity contribution in [2.24, 2.45) is 0 Å². The number of hydrogen-bond acceptors (Lipinski definition) is 6. The molecular formula is C13H16N4O3. The van der Waals surface area contributed by atoms with E-state index in [2.05, 4.69) is 22.4 Å². The molecule has 1 N–H and O–H groups in total. The summed E-state index contributed by atoms with van der Waals surface area (Å²) in [7, 11) is 1.90. The van der Waals surface area contributed by atoms with E-state index in [4.69, 9.17) is 4.52 Å². The Morgan fingerprint density at radius 1 is 1.50 bits per heavy atom. The van der Waals surface area contributed by atoms with Crippen molar-refractivity contribution < 1.29 is 9.45 Å². The van der Waals surface area contributed by atoms with Crippen molar-refractivity contribution in [1.82, 2.24) is 15.5 Å². The zero-order valence-corrected chi connectivity index (χ0v) is 11.4. The zero-order valence-electron chi connectivity index (χ0n) is 11.4. The van der Waals surface area contributed by atoms with E-state index in [9.17, 15) is 10.1 Å². The molecule has 1 unspecified atom stereocenters. The molecule has 0 aliphatic carbocycles. The second-order valence-electron chi connectivity index (χ2n) is 4.55. The molecule has 1 aromatic heterocycles. The molecule has 0 saturated heterocycles. The summed E-state index contributed by atoms with van der Waals surface area (Å²) in [6.07, 6.45) is 1.55. The van der Waals surface area contributed by atoms with Gasteiger partial charge in [0.1, 0.15) is 0 Å². The highest BCUT2D eigenvalue weighted by molar-refractivity contribution is 5.58. The normalized spacial score (nSPS) is 12.3. The van der Waals surface area contributed by atoms with Crippen molar-refractivity contribution in [3.63, 3.8) is 0 Å². The first-order valence-electron chi connectivity index (χ1n) is 6.35. The molecule has 7 heteroatoms. The Morgan fingerprint density at radius 2 is 2.30 bits per heavy atom. The van der Waals surface area contributed by atoms with Gasteiger partial charge in [-0.05, 0) is 20.4 Å². The molecule has 2 rings (SSSR count). The van der Waals surface area contributed by atoms with Gasteiger partial charge in [0.05, 0.1) is 4.92 Å². The van der Waals surface area contributed by atoms with Gasteiger partial charge >= 0.3 is 0 Å². The lowest BCUT2D eigenvalue weighted by Gasteiger charge is -2.06. The number of hydrogen-bond donors (Lipinski definition) is 1. The van der Waals surface area contributed by atoms with Gasteiger partial charge in [-0.15, -0.1) is 0 Å². The third-order valence-corrected chi connectivity index (χ3v) is 3.07. The lowest BCUT2D eigenvalue weighted by molar-refractivity contribution is -0.384. The number of benzene rings is 1. The van der Waals surface area contributed by atoms with Gasteiger partial charge in [-0.3, -0.25) is 10.1 Å². The molecule has 0 spiro atoms. The minimum Gasteiger partial charge on any atom is -0.339 e. The second-order valence-corrected chi connectivity index (χ2v) is 4.55. The van der Waals surface area contributed by atoms with Crippen LogP contribution in [0, 0.1) is 10.1 Å². The predicted molar refractivity (Wildman–Crippen MR) is 73.2 cm³/mol. The second kappa shape index (κ2) is 6.25. The minimum atomic E-state index is -0.445. The molecule has 2 aromatic rings. The highest BCUT2D eigenvalue weighted by Crippen LogP contribution is 2.21. The van der Waals surface area contributed by atoms with Gasteiger partial charge in [-0.1, -0.05) is 17.3 Å². The smallest absolute Gasteiger partial charge is 0.270 e. The monoisotopic (exact) mass is 276 g/mol. The molecule has 0 radical (unpaired) electrons. The Labute approximate surface area is 116 Å². The molecular weight excluding hydrogens is 260 g/mol. The van der Waals surface area contributed by atoms with Gasteiger partial charge in [-0.2, -0.15) is 4.98 Å². The Balaban J connectivity index is 2.12. The van der Waals surface area contributed by atoms with E-state index in [1.165, 1.54) is 12.1 Å². The Bertz CT molecular complexity index is 597. The summed E-state index contributed by atoms with van der Waals surface area (Å²) in [5.41, 5.74) is 0.591. The van der Waals surface area contributed by atoms with Gasteiger partial charge in [0.25, 0.3) is 5.69 Å². The summed E-state index contributed by atoms with van der Waals surface area (Å²) in [5, 5.41) is 17.7. The number of aryl methyl sites for hydroxylation is 1. The van der Waals surface area contributed by atoms with Crippen LogP contribution < -0.4 is 5.32 Å². The number of nitrogens with one attached hydrogen (secondary N) is 1. The van der Waals surface area contributed by atoms with Crippen molar-refractivity contribution in [3.05, 3.63) is 40.3 Å². The summed E-state index contributed by atoms with van der Waals surface area (Å²) in [5.74, 6) is 0.911. The lowest BCUT2D eigenvalue weighted by atomic mass is 10.2. The SMILES string of the molecule is CNC(C)CCc1nc(-c2cccc([N+](=O)[O-])c2)no1. The molecule has 1 aromatic carbocycles. The van der Waals surface area contributed by atoms with Gasteiger partial charge in [0.2, 0.25) is 11.7 Å². The van der Waals surface area contributed by atoms with Crippen LogP contribution in [0.5, 0.6) is 0 Å². The van der Waals surface area contributed by atoms with Crippen LogP contribution in [-0.4, -0.2) is 28.2 Å². The Hall–Kier alpha value is -2.28. The summed E-state index contributed by atoms with van der Waals surface area (Å²) < 4.78 is 5.16. The zero-order chi connectivity index (χ0) is 14.5. The van der Waals surface area contributed by atoms with Gasteiger partial charge in [0, 0.05) is 30.2 Å². The maximum Gasteiger partial charge on any atom is 0.270 e. The minimum absolute atomic E-state index is 0.0117. The van der Waals surface area contributed by atoms with Crippen LogP contribution in [-0.2, 0) is 6.42 Å². The molecule has 0 fully saturated rings. The van der Waals surface area contributed by atoms with E-state index in [0.717, 1.165) is 6.42 Å². The van der Waals surface area contributed by atoms with E-state index in [-0.39, 0.29) is 5.69 Å². The number of nitro groups is 1. The molecule has 0 aliphatic heterocycles. The fourth-order valence-electron chi connectivity index (χ4n) is 1.72. The molecule has 1 heterocycles. The average Bonchev–Trinajstić information content (AvgIpc) is 2.93. The van der Waals surface area contributed by atoms with E-state index in [1.54, 1.807) is 12.1 Å². The molecule has 0 aliphatic rings. The molecule has 1 atom stereocenters. The largest absolute Gasteiger partial charge is 0.339 e. The van der Waals surface area contributed by atoms with Crippen LogP contribution in [0.4, 0.5) is 5.69 Å². The molecule has 106 valence electrons. The van der Waals surface area contributed by atoms with E-state index < -0.39 is 4.92 Å². The first kappa shape index (κ1) is 14.1. The fraction of sp³-hybridized carbons (Fsp3) is 0.385. The van der Waals surface area contributed by atoms with Crippen LogP contribution in [0.25, 0.3) is 11.4 Å². The van der Waals surface area contributed by atoms with Crippen molar-refractivity contribution in [2.75, 3.05) is 7.05 Å². The van der Waals surface area contributed by atoms with Gasteiger partial charge < -0.3 is 9.84 Å². The number of non-ortho nitro benzene ring substituents is 1. The summed E-state index contributed by atoms with van der Waals surface area (Å²) in [6.45, 7) is 2.07. The molecule has 0 saturated carbocycles. The first-order chi connectivity index (χ1) is 9.60. The highest BCUT2D eigenvalue weighted by Gasteiger charge is 2.13.